The van der Waals surface area contributed by atoms with Gasteiger partial charge in [0.15, 0.2) is 0 Å². The van der Waals surface area contributed by atoms with Crippen molar-refractivity contribution in [2.45, 2.75) is 19.4 Å². The summed E-state index contributed by atoms with van der Waals surface area (Å²) in [7, 11) is 0. The molecule has 4 nitrogen and oxygen atoms in total. The van der Waals surface area contributed by atoms with Crippen molar-refractivity contribution in [2.24, 2.45) is 11.8 Å². The minimum absolute atomic E-state index is 0.146. The van der Waals surface area contributed by atoms with Crippen LogP contribution in [-0.2, 0) is 0 Å². The van der Waals surface area contributed by atoms with Crippen LogP contribution >= 0.6 is 0 Å². The molecule has 0 spiro atoms. The quantitative estimate of drug-likeness (QED) is 0.851. The van der Waals surface area contributed by atoms with Crippen molar-refractivity contribution in [1.29, 1.82) is 0 Å². The normalized spacial score (nSPS) is 29.1. The number of nitrogens with zero attached hydrogens (tertiary/aromatic N) is 2. The predicted molar refractivity (Wildman–Crippen MR) is 75.3 cm³/mol. The largest absolute Gasteiger partial charge is 0.464 e. The Hall–Kier alpha value is -1.55. The monoisotopic (exact) mass is 257 g/mol. The van der Waals surface area contributed by atoms with Gasteiger partial charge in [0.05, 0.1) is 11.6 Å². The smallest absolute Gasteiger partial charge is 0.140 e. The fraction of sp³-hybridized carbons (Fsp3) is 0.533. The Morgan fingerprint density at radius 1 is 1.37 bits per heavy atom. The number of furan rings is 1. The minimum atomic E-state index is 0.146. The van der Waals surface area contributed by atoms with Crippen molar-refractivity contribution >= 4 is 16.8 Å². The van der Waals surface area contributed by atoms with Gasteiger partial charge in [0.2, 0.25) is 0 Å². The predicted octanol–water partition coefficient (Wildman–Crippen LogP) is 2.26. The molecule has 2 unspecified atom stereocenters. The van der Waals surface area contributed by atoms with Gasteiger partial charge in [-0.25, -0.2) is 4.98 Å². The SMILES string of the molecule is CC1(C)C2CNCC2CN1c1nccc2occc12. The molecule has 0 aliphatic carbocycles. The first-order chi connectivity index (χ1) is 9.18. The summed E-state index contributed by atoms with van der Waals surface area (Å²) < 4.78 is 5.50. The Balaban J connectivity index is 1.82. The number of fused-ring (bicyclic) bond motifs is 2. The lowest BCUT2D eigenvalue weighted by Gasteiger charge is -2.36. The van der Waals surface area contributed by atoms with Crippen molar-refractivity contribution in [2.75, 3.05) is 24.5 Å². The van der Waals surface area contributed by atoms with E-state index in [0.717, 1.165) is 42.3 Å². The molecule has 4 rings (SSSR count). The summed E-state index contributed by atoms with van der Waals surface area (Å²) in [5.41, 5.74) is 1.07. The fourth-order valence-corrected chi connectivity index (χ4v) is 3.88. The molecule has 0 radical (unpaired) electrons. The third-order valence-electron chi connectivity index (χ3n) is 4.97. The van der Waals surface area contributed by atoms with Crippen molar-refractivity contribution in [3.8, 4) is 0 Å². The number of aromatic nitrogens is 1. The van der Waals surface area contributed by atoms with E-state index >= 15 is 0 Å². The van der Waals surface area contributed by atoms with Crippen LogP contribution in [0, 0.1) is 11.8 Å². The van der Waals surface area contributed by atoms with Gasteiger partial charge in [-0.3, -0.25) is 0 Å². The van der Waals surface area contributed by atoms with E-state index in [1.807, 2.05) is 18.3 Å². The number of nitrogens with one attached hydrogen (secondary N) is 1. The summed E-state index contributed by atoms with van der Waals surface area (Å²) in [5, 5.41) is 4.65. The molecule has 2 aromatic heterocycles. The molecule has 0 aromatic carbocycles. The second kappa shape index (κ2) is 3.73. The molecule has 2 fully saturated rings. The highest BCUT2D eigenvalue weighted by molar-refractivity contribution is 5.89. The topological polar surface area (TPSA) is 41.3 Å². The zero-order valence-corrected chi connectivity index (χ0v) is 11.4. The first kappa shape index (κ1) is 11.3. The van der Waals surface area contributed by atoms with Crippen molar-refractivity contribution < 1.29 is 4.42 Å². The third-order valence-corrected chi connectivity index (χ3v) is 4.97. The molecule has 2 atom stereocenters. The maximum atomic E-state index is 5.50. The van der Waals surface area contributed by atoms with Gasteiger partial charge in [-0.05, 0) is 37.8 Å². The number of hydrogen-bond donors (Lipinski definition) is 1. The highest BCUT2D eigenvalue weighted by atomic mass is 16.3. The van der Waals surface area contributed by atoms with Crippen molar-refractivity contribution in [1.82, 2.24) is 10.3 Å². The lowest BCUT2D eigenvalue weighted by molar-refractivity contribution is 0.356. The lowest BCUT2D eigenvalue weighted by Crippen LogP contribution is -2.45. The third kappa shape index (κ3) is 1.46. The zero-order chi connectivity index (χ0) is 13.0. The van der Waals surface area contributed by atoms with E-state index in [2.05, 4.69) is 29.0 Å². The van der Waals surface area contributed by atoms with E-state index in [9.17, 15) is 0 Å². The summed E-state index contributed by atoms with van der Waals surface area (Å²) in [6.07, 6.45) is 3.60. The first-order valence-corrected chi connectivity index (χ1v) is 6.98. The van der Waals surface area contributed by atoms with E-state index in [0.29, 0.717) is 5.92 Å². The van der Waals surface area contributed by atoms with Crippen LogP contribution < -0.4 is 10.2 Å². The Labute approximate surface area is 112 Å². The Bertz CT molecular complexity index is 619. The average molecular weight is 257 g/mol. The highest BCUT2D eigenvalue weighted by Gasteiger charge is 2.50. The number of anilines is 1. The molecule has 0 amide bonds. The molecule has 100 valence electrons. The van der Waals surface area contributed by atoms with Crippen LogP contribution in [0.25, 0.3) is 11.0 Å². The van der Waals surface area contributed by atoms with Crippen LogP contribution in [-0.4, -0.2) is 30.2 Å². The molecule has 4 heteroatoms. The summed E-state index contributed by atoms with van der Waals surface area (Å²) in [6.45, 7) is 8.01. The molecule has 0 saturated carbocycles. The molecule has 1 N–H and O–H groups in total. The van der Waals surface area contributed by atoms with Gasteiger partial charge in [0, 0.05) is 31.4 Å². The maximum Gasteiger partial charge on any atom is 0.140 e. The summed E-state index contributed by atoms with van der Waals surface area (Å²) in [5.74, 6) is 2.51. The van der Waals surface area contributed by atoms with Crippen LogP contribution in [0.3, 0.4) is 0 Å². The number of rotatable bonds is 1. The lowest BCUT2D eigenvalue weighted by atomic mass is 9.85. The number of pyridine rings is 1. The average Bonchev–Trinajstić information content (AvgIpc) is 3.06. The van der Waals surface area contributed by atoms with Gasteiger partial charge in [-0.1, -0.05) is 0 Å². The molecular weight excluding hydrogens is 238 g/mol. The van der Waals surface area contributed by atoms with E-state index in [-0.39, 0.29) is 5.54 Å². The van der Waals surface area contributed by atoms with Crippen molar-refractivity contribution in [3.63, 3.8) is 0 Å². The minimum Gasteiger partial charge on any atom is -0.464 e. The number of hydrogen-bond acceptors (Lipinski definition) is 4. The van der Waals surface area contributed by atoms with Gasteiger partial charge < -0.3 is 14.6 Å². The fourth-order valence-electron chi connectivity index (χ4n) is 3.88. The summed E-state index contributed by atoms with van der Waals surface area (Å²) in [6, 6.07) is 3.96. The van der Waals surface area contributed by atoms with Crippen molar-refractivity contribution in [3.05, 3.63) is 24.6 Å². The highest BCUT2D eigenvalue weighted by Crippen LogP contribution is 2.44. The Kier molecular flexibility index (Phi) is 2.22. The molecule has 2 aromatic rings. The van der Waals surface area contributed by atoms with E-state index in [1.165, 1.54) is 0 Å². The van der Waals surface area contributed by atoms with Crippen LogP contribution in [0.2, 0.25) is 0 Å². The maximum absolute atomic E-state index is 5.50. The molecule has 0 bridgehead atoms. The Morgan fingerprint density at radius 2 is 2.26 bits per heavy atom. The van der Waals surface area contributed by atoms with Crippen LogP contribution in [0.4, 0.5) is 5.82 Å². The van der Waals surface area contributed by atoms with Gasteiger partial charge in [-0.15, -0.1) is 0 Å². The second-order valence-corrected chi connectivity index (χ2v) is 6.26. The van der Waals surface area contributed by atoms with E-state index < -0.39 is 0 Å². The van der Waals surface area contributed by atoms with Crippen LogP contribution in [0.15, 0.2) is 29.0 Å². The van der Waals surface area contributed by atoms with Crippen LogP contribution in [0.1, 0.15) is 13.8 Å². The molecule has 2 aliphatic heterocycles. The second-order valence-electron chi connectivity index (χ2n) is 6.26. The Morgan fingerprint density at radius 3 is 3.11 bits per heavy atom. The van der Waals surface area contributed by atoms with Gasteiger partial charge in [-0.2, -0.15) is 0 Å². The molecule has 4 heterocycles. The van der Waals surface area contributed by atoms with Gasteiger partial charge >= 0.3 is 0 Å². The molecule has 19 heavy (non-hydrogen) atoms. The van der Waals surface area contributed by atoms with Gasteiger partial charge in [0.25, 0.3) is 0 Å². The van der Waals surface area contributed by atoms with Gasteiger partial charge in [0.1, 0.15) is 11.4 Å². The van der Waals surface area contributed by atoms with E-state index in [1.54, 1.807) is 6.26 Å². The first-order valence-electron chi connectivity index (χ1n) is 6.98. The molecular formula is C15H19N3O. The summed E-state index contributed by atoms with van der Waals surface area (Å²) >= 11 is 0. The standard InChI is InChI=1S/C15H19N3O/c1-15(2)12-8-16-7-10(12)9-18(15)14-11-4-6-19-13(11)3-5-17-14/h3-6,10,12,16H,7-9H2,1-2H3. The zero-order valence-electron chi connectivity index (χ0n) is 11.4. The molecule has 2 saturated heterocycles. The van der Waals surface area contributed by atoms with E-state index in [4.69, 9.17) is 4.42 Å². The molecule has 2 aliphatic rings. The van der Waals surface area contributed by atoms with Crippen LogP contribution in [0.5, 0.6) is 0 Å². The summed E-state index contributed by atoms with van der Waals surface area (Å²) in [4.78, 5) is 7.10.